The molecule has 1 amide bonds. The molecule has 4 aromatic rings. The number of aromatic nitrogens is 2. The second kappa shape index (κ2) is 10.4. The average Bonchev–Trinajstić information content (AvgIpc) is 3.17. The SMILES string of the molecule is CSCC[C@@H](NC(=O)c1ccccc1)c1nc2ccccc2n1Cc1ccc(Cl)c(Cl)c1. The number of para-hydroxylation sites is 2. The second-order valence-electron chi connectivity index (χ2n) is 7.47. The van der Waals surface area contributed by atoms with Crippen LogP contribution in [0.4, 0.5) is 0 Å². The van der Waals surface area contributed by atoms with Gasteiger partial charge in [0.15, 0.2) is 0 Å². The topological polar surface area (TPSA) is 46.9 Å². The lowest BCUT2D eigenvalue weighted by Gasteiger charge is -2.20. The van der Waals surface area contributed by atoms with Crippen LogP contribution in [0.3, 0.4) is 0 Å². The second-order valence-corrected chi connectivity index (χ2v) is 9.27. The number of nitrogens with one attached hydrogen (secondary N) is 1. The fourth-order valence-corrected chi connectivity index (χ4v) is 4.47. The molecule has 0 spiro atoms. The van der Waals surface area contributed by atoms with Gasteiger partial charge in [0.1, 0.15) is 5.82 Å². The molecule has 1 N–H and O–H groups in total. The van der Waals surface area contributed by atoms with E-state index < -0.39 is 0 Å². The molecule has 0 aliphatic rings. The zero-order valence-corrected chi connectivity index (χ0v) is 19.9. The third-order valence-corrected chi connectivity index (χ3v) is 6.66. The number of carbonyl (C=O) groups is 1. The summed E-state index contributed by atoms with van der Waals surface area (Å²) in [5.74, 6) is 1.62. The number of imidazole rings is 1. The van der Waals surface area contributed by atoms with Crippen LogP contribution in [0.25, 0.3) is 11.0 Å². The van der Waals surface area contributed by atoms with E-state index in [1.165, 1.54) is 0 Å². The lowest BCUT2D eigenvalue weighted by molar-refractivity contribution is 0.0933. The highest BCUT2D eigenvalue weighted by atomic mass is 35.5. The van der Waals surface area contributed by atoms with Gasteiger partial charge in [-0.3, -0.25) is 4.79 Å². The van der Waals surface area contributed by atoms with Crippen LogP contribution < -0.4 is 5.32 Å². The number of amides is 1. The predicted molar refractivity (Wildman–Crippen MR) is 135 cm³/mol. The Balaban J connectivity index is 1.74. The van der Waals surface area contributed by atoms with Crippen molar-refractivity contribution in [2.24, 2.45) is 0 Å². The first-order chi connectivity index (χ1) is 15.6. The van der Waals surface area contributed by atoms with Crippen molar-refractivity contribution in [3.05, 3.63) is 99.8 Å². The Morgan fingerprint density at radius 2 is 1.78 bits per heavy atom. The summed E-state index contributed by atoms with van der Waals surface area (Å²) in [6, 6.07) is 22.7. The molecular weight excluding hydrogens is 461 g/mol. The Morgan fingerprint density at radius 1 is 1.03 bits per heavy atom. The lowest BCUT2D eigenvalue weighted by atomic mass is 10.1. The molecule has 0 radical (unpaired) electrons. The standard InChI is InChI=1S/C25H23Cl2N3OS/c1-32-14-13-22(29-25(31)18-7-3-2-4-8-18)24-28-21-9-5-6-10-23(21)30(24)16-17-11-12-19(26)20(27)15-17/h2-12,15,22H,13-14,16H2,1H3,(H,29,31)/t22-/m1/s1. The van der Waals surface area contributed by atoms with Crippen LogP contribution in [0.2, 0.25) is 10.0 Å². The van der Waals surface area contributed by atoms with Gasteiger partial charge in [-0.25, -0.2) is 4.98 Å². The summed E-state index contributed by atoms with van der Waals surface area (Å²) >= 11 is 14.1. The Kier molecular flexibility index (Phi) is 7.40. The zero-order valence-electron chi connectivity index (χ0n) is 17.6. The van der Waals surface area contributed by atoms with Crippen LogP contribution in [0.5, 0.6) is 0 Å². The normalized spacial score (nSPS) is 12.1. The van der Waals surface area contributed by atoms with Crippen molar-refractivity contribution in [2.75, 3.05) is 12.0 Å². The molecule has 0 unspecified atom stereocenters. The van der Waals surface area contributed by atoms with Crippen molar-refractivity contribution in [2.45, 2.75) is 19.0 Å². The van der Waals surface area contributed by atoms with E-state index in [9.17, 15) is 4.79 Å². The van der Waals surface area contributed by atoms with Gasteiger partial charge in [0.25, 0.3) is 5.91 Å². The van der Waals surface area contributed by atoms with Crippen LogP contribution >= 0.6 is 35.0 Å². The number of hydrogen-bond donors (Lipinski definition) is 1. The minimum absolute atomic E-state index is 0.107. The predicted octanol–water partition coefficient (Wildman–Crippen LogP) is 6.62. The highest BCUT2D eigenvalue weighted by Crippen LogP contribution is 2.28. The number of nitrogens with zero attached hydrogens (tertiary/aromatic N) is 2. The van der Waals surface area contributed by atoms with Crippen molar-refractivity contribution >= 4 is 51.9 Å². The number of hydrogen-bond acceptors (Lipinski definition) is 3. The molecule has 7 heteroatoms. The molecule has 0 aliphatic heterocycles. The van der Waals surface area contributed by atoms with E-state index in [0.717, 1.165) is 34.6 Å². The number of fused-ring (bicyclic) bond motifs is 1. The highest BCUT2D eigenvalue weighted by molar-refractivity contribution is 7.98. The van der Waals surface area contributed by atoms with Gasteiger partial charge < -0.3 is 9.88 Å². The van der Waals surface area contributed by atoms with Gasteiger partial charge in [0.2, 0.25) is 0 Å². The molecule has 4 nitrogen and oxygen atoms in total. The Labute approximate surface area is 201 Å². The summed E-state index contributed by atoms with van der Waals surface area (Å²) in [5.41, 5.74) is 3.55. The highest BCUT2D eigenvalue weighted by Gasteiger charge is 2.23. The number of halogens is 2. The number of benzene rings is 3. The largest absolute Gasteiger partial charge is 0.342 e. The lowest BCUT2D eigenvalue weighted by Crippen LogP contribution is -2.31. The van der Waals surface area contributed by atoms with Gasteiger partial charge in [0.05, 0.1) is 27.1 Å². The first-order valence-corrected chi connectivity index (χ1v) is 12.5. The molecule has 4 rings (SSSR count). The van der Waals surface area contributed by atoms with Crippen molar-refractivity contribution in [1.29, 1.82) is 0 Å². The molecule has 0 bridgehead atoms. The van der Waals surface area contributed by atoms with E-state index in [1.54, 1.807) is 17.8 Å². The summed E-state index contributed by atoms with van der Waals surface area (Å²) in [6.45, 7) is 0.573. The molecule has 1 heterocycles. The summed E-state index contributed by atoms with van der Waals surface area (Å²) in [6.07, 6.45) is 2.83. The van der Waals surface area contributed by atoms with Gasteiger partial charge in [-0.1, -0.05) is 59.6 Å². The molecule has 3 aromatic carbocycles. The van der Waals surface area contributed by atoms with E-state index >= 15 is 0 Å². The smallest absolute Gasteiger partial charge is 0.251 e. The third-order valence-electron chi connectivity index (χ3n) is 5.27. The maximum absolute atomic E-state index is 13.0. The van der Waals surface area contributed by atoms with Crippen molar-refractivity contribution in [3.63, 3.8) is 0 Å². The van der Waals surface area contributed by atoms with E-state index in [0.29, 0.717) is 22.2 Å². The molecule has 0 aliphatic carbocycles. The summed E-state index contributed by atoms with van der Waals surface area (Å²) in [4.78, 5) is 17.9. The molecule has 164 valence electrons. The molecule has 0 fully saturated rings. The molecule has 1 atom stereocenters. The van der Waals surface area contributed by atoms with Gasteiger partial charge in [-0.15, -0.1) is 0 Å². The summed E-state index contributed by atoms with van der Waals surface area (Å²) in [7, 11) is 0. The summed E-state index contributed by atoms with van der Waals surface area (Å²) < 4.78 is 2.16. The van der Waals surface area contributed by atoms with Crippen molar-refractivity contribution in [1.82, 2.24) is 14.9 Å². The maximum atomic E-state index is 13.0. The van der Waals surface area contributed by atoms with Crippen LogP contribution in [0.1, 0.15) is 34.2 Å². The van der Waals surface area contributed by atoms with E-state index in [2.05, 4.69) is 16.1 Å². The Bertz CT molecular complexity index is 1230. The fraction of sp³-hybridized carbons (Fsp3) is 0.200. The quantitative estimate of drug-likeness (QED) is 0.306. The van der Waals surface area contributed by atoms with Crippen LogP contribution in [-0.4, -0.2) is 27.5 Å². The third kappa shape index (κ3) is 5.12. The maximum Gasteiger partial charge on any atom is 0.251 e. The first-order valence-electron chi connectivity index (χ1n) is 10.3. The minimum atomic E-state index is -0.231. The molecule has 0 saturated carbocycles. The average molecular weight is 484 g/mol. The number of carbonyl (C=O) groups excluding carboxylic acids is 1. The molecule has 32 heavy (non-hydrogen) atoms. The zero-order chi connectivity index (χ0) is 22.5. The molecule has 0 saturated heterocycles. The van der Waals surface area contributed by atoms with Gasteiger partial charge >= 0.3 is 0 Å². The molecular formula is C25H23Cl2N3OS. The van der Waals surface area contributed by atoms with Gasteiger partial charge in [-0.2, -0.15) is 11.8 Å². The van der Waals surface area contributed by atoms with E-state index in [-0.39, 0.29) is 11.9 Å². The number of thioether (sulfide) groups is 1. The van der Waals surface area contributed by atoms with Gasteiger partial charge in [-0.05, 0) is 60.4 Å². The minimum Gasteiger partial charge on any atom is -0.342 e. The Hall–Kier alpha value is -2.47. The van der Waals surface area contributed by atoms with Crippen LogP contribution in [-0.2, 0) is 6.54 Å². The van der Waals surface area contributed by atoms with Gasteiger partial charge in [0, 0.05) is 12.1 Å². The van der Waals surface area contributed by atoms with Crippen LogP contribution in [0, 0.1) is 0 Å². The Morgan fingerprint density at radius 3 is 2.53 bits per heavy atom. The number of rotatable bonds is 8. The molecule has 1 aromatic heterocycles. The fourth-order valence-electron chi connectivity index (χ4n) is 3.68. The van der Waals surface area contributed by atoms with E-state index in [4.69, 9.17) is 28.2 Å². The van der Waals surface area contributed by atoms with Crippen molar-refractivity contribution < 1.29 is 4.79 Å². The van der Waals surface area contributed by atoms with Crippen LogP contribution in [0.15, 0.2) is 72.8 Å². The first kappa shape index (κ1) is 22.7. The van der Waals surface area contributed by atoms with Crippen molar-refractivity contribution in [3.8, 4) is 0 Å². The summed E-state index contributed by atoms with van der Waals surface area (Å²) in [5, 5.41) is 4.26. The monoisotopic (exact) mass is 483 g/mol. The van der Waals surface area contributed by atoms with E-state index in [1.807, 2.05) is 66.7 Å².